The summed E-state index contributed by atoms with van der Waals surface area (Å²) < 4.78 is 0. The number of carbonyl (C=O) groups is 2. The van der Waals surface area contributed by atoms with Crippen molar-refractivity contribution in [2.75, 3.05) is 0 Å². The number of hydrazone groups is 1. The Kier molecular flexibility index (Phi) is 5.25. The van der Waals surface area contributed by atoms with Crippen LogP contribution in [0.15, 0.2) is 47.6 Å². The summed E-state index contributed by atoms with van der Waals surface area (Å²) >= 11 is 0. The maximum atomic E-state index is 11.6. The van der Waals surface area contributed by atoms with Crippen LogP contribution in [-0.2, 0) is 9.59 Å². The second kappa shape index (κ2) is 7.36. The van der Waals surface area contributed by atoms with E-state index in [1.165, 1.54) is 6.21 Å². The molecular formula is C17H19N3O2. The van der Waals surface area contributed by atoms with Gasteiger partial charge in [0, 0.05) is 11.6 Å². The second-order valence-corrected chi connectivity index (χ2v) is 5.05. The highest BCUT2D eigenvalue weighted by molar-refractivity contribution is 6.35. The van der Waals surface area contributed by atoms with Crippen LogP contribution in [0.2, 0.25) is 0 Å². The van der Waals surface area contributed by atoms with Crippen LogP contribution in [0.4, 0.5) is 0 Å². The van der Waals surface area contributed by atoms with Crippen LogP contribution in [0.1, 0.15) is 25.8 Å². The zero-order valence-electron chi connectivity index (χ0n) is 12.7. The summed E-state index contributed by atoms with van der Waals surface area (Å²) in [4.78, 5) is 23.2. The SMILES string of the molecule is CC[C@H](C)NC(=O)C(=O)N/N=C\c1cccc2ccccc12. The van der Waals surface area contributed by atoms with E-state index >= 15 is 0 Å². The van der Waals surface area contributed by atoms with Crippen LogP contribution in [0.5, 0.6) is 0 Å². The topological polar surface area (TPSA) is 70.6 Å². The average Bonchev–Trinajstić information content (AvgIpc) is 2.54. The van der Waals surface area contributed by atoms with E-state index in [4.69, 9.17) is 0 Å². The Morgan fingerprint density at radius 3 is 2.64 bits per heavy atom. The Balaban J connectivity index is 2.02. The van der Waals surface area contributed by atoms with Gasteiger partial charge in [-0.3, -0.25) is 9.59 Å². The molecule has 0 spiro atoms. The maximum Gasteiger partial charge on any atom is 0.329 e. The standard InChI is InChI=1S/C17H19N3O2/c1-3-12(2)19-16(21)17(22)20-18-11-14-9-6-8-13-7-4-5-10-15(13)14/h4-12H,3H2,1-2H3,(H,19,21)(H,20,22)/b18-11-/t12-/m0/s1. The predicted octanol–water partition coefficient (Wildman–Crippen LogP) is 2.20. The van der Waals surface area contributed by atoms with Gasteiger partial charge in [-0.1, -0.05) is 49.4 Å². The summed E-state index contributed by atoms with van der Waals surface area (Å²) in [6.45, 7) is 3.77. The monoisotopic (exact) mass is 297 g/mol. The van der Waals surface area contributed by atoms with Crippen molar-refractivity contribution in [3.8, 4) is 0 Å². The third kappa shape index (κ3) is 3.91. The molecule has 0 heterocycles. The summed E-state index contributed by atoms with van der Waals surface area (Å²) in [5, 5.41) is 8.57. The number of rotatable bonds is 4. The average molecular weight is 297 g/mol. The molecular weight excluding hydrogens is 278 g/mol. The number of hydrogen-bond donors (Lipinski definition) is 2. The first-order chi connectivity index (χ1) is 10.6. The lowest BCUT2D eigenvalue weighted by atomic mass is 10.1. The molecule has 0 fully saturated rings. The summed E-state index contributed by atoms with van der Waals surface area (Å²) in [5.74, 6) is -1.44. The van der Waals surface area contributed by atoms with Crippen LogP contribution in [-0.4, -0.2) is 24.1 Å². The lowest BCUT2D eigenvalue weighted by Gasteiger charge is -2.09. The van der Waals surface area contributed by atoms with E-state index < -0.39 is 11.8 Å². The van der Waals surface area contributed by atoms with Gasteiger partial charge in [-0.05, 0) is 24.1 Å². The van der Waals surface area contributed by atoms with E-state index in [0.717, 1.165) is 22.8 Å². The molecule has 2 amide bonds. The van der Waals surface area contributed by atoms with Crippen LogP contribution >= 0.6 is 0 Å². The lowest BCUT2D eigenvalue weighted by molar-refractivity contribution is -0.139. The van der Waals surface area contributed by atoms with E-state index in [2.05, 4.69) is 15.8 Å². The summed E-state index contributed by atoms with van der Waals surface area (Å²) in [6, 6.07) is 13.7. The van der Waals surface area contributed by atoms with Crippen molar-refractivity contribution >= 4 is 28.8 Å². The van der Waals surface area contributed by atoms with Gasteiger partial charge in [0.25, 0.3) is 0 Å². The van der Waals surface area contributed by atoms with Crippen LogP contribution < -0.4 is 10.7 Å². The Hall–Kier alpha value is -2.69. The number of hydrogen-bond acceptors (Lipinski definition) is 3. The first-order valence-electron chi connectivity index (χ1n) is 7.23. The largest absolute Gasteiger partial charge is 0.345 e. The third-order valence-corrected chi connectivity index (χ3v) is 3.39. The van der Waals surface area contributed by atoms with E-state index in [0.29, 0.717) is 0 Å². The van der Waals surface area contributed by atoms with Crippen LogP contribution in [0.3, 0.4) is 0 Å². The first-order valence-corrected chi connectivity index (χ1v) is 7.23. The molecule has 0 radical (unpaired) electrons. The van der Waals surface area contributed by atoms with Crippen molar-refractivity contribution in [3.05, 3.63) is 48.0 Å². The predicted molar refractivity (Wildman–Crippen MR) is 87.6 cm³/mol. The Morgan fingerprint density at radius 2 is 1.86 bits per heavy atom. The number of nitrogens with one attached hydrogen (secondary N) is 2. The third-order valence-electron chi connectivity index (χ3n) is 3.39. The summed E-state index contributed by atoms with van der Waals surface area (Å²) in [5.41, 5.74) is 3.12. The minimum Gasteiger partial charge on any atom is -0.345 e. The van der Waals surface area contributed by atoms with Crippen molar-refractivity contribution in [1.29, 1.82) is 0 Å². The van der Waals surface area contributed by atoms with Crippen molar-refractivity contribution in [1.82, 2.24) is 10.7 Å². The van der Waals surface area contributed by atoms with Gasteiger partial charge in [0.15, 0.2) is 0 Å². The Bertz CT molecular complexity index is 705. The van der Waals surface area contributed by atoms with Gasteiger partial charge < -0.3 is 5.32 Å². The van der Waals surface area contributed by atoms with Crippen LogP contribution in [0, 0.1) is 0 Å². The van der Waals surface area contributed by atoms with E-state index in [1.54, 1.807) is 0 Å². The molecule has 22 heavy (non-hydrogen) atoms. The zero-order chi connectivity index (χ0) is 15.9. The smallest absolute Gasteiger partial charge is 0.329 e. The molecule has 0 bridgehead atoms. The molecule has 0 aliphatic rings. The highest BCUT2D eigenvalue weighted by Gasteiger charge is 2.14. The highest BCUT2D eigenvalue weighted by atomic mass is 16.2. The first kappa shape index (κ1) is 15.7. The number of amides is 2. The fourth-order valence-electron chi connectivity index (χ4n) is 1.97. The van der Waals surface area contributed by atoms with E-state index in [-0.39, 0.29) is 6.04 Å². The highest BCUT2D eigenvalue weighted by Crippen LogP contribution is 2.16. The molecule has 1 atom stereocenters. The van der Waals surface area contributed by atoms with Gasteiger partial charge in [0.1, 0.15) is 0 Å². The van der Waals surface area contributed by atoms with E-state index in [1.807, 2.05) is 56.3 Å². The molecule has 2 aromatic carbocycles. The fourth-order valence-corrected chi connectivity index (χ4v) is 1.97. The molecule has 0 unspecified atom stereocenters. The fraction of sp³-hybridized carbons (Fsp3) is 0.235. The van der Waals surface area contributed by atoms with Gasteiger partial charge in [-0.25, -0.2) is 5.43 Å². The van der Waals surface area contributed by atoms with Gasteiger partial charge in [-0.2, -0.15) is 5.10 Å². The normalized spacial score (nSPS) is 12.3. The quantitative estimate of drug-likeness (QED) is 0.516. The number of fused-ring (bicyclic) bond motifs is 1. The lowest BCUT2D eigenvalue weighted by Crippen LogP contribution is -2.41. The molecule has 0 aliphatic carbocycles. The van der Waals surface area contributed by atoms with Crippen molar-refractivity contribution < 1.29 is 9.59 Å². The van der Waals surface area contributed by atoms with Crippen LogP contribution in [0.25, 0.3) is 10.8 Å². The molecule has 114 valence electrons. The molecule has 2 rings (SSSR count). The molecule has 0 aromatic heterocycles. The van der Waals surface area contributed by atoms with E-state index in [9.17, 15) is 9.59 Å². The maximum absolute atomic E-state index is 11.6. The second-order valence-electron chi connectivity index (χ2n) is 5.05. The molecule has 0 aliphatic heterocycles. The molecule has 2 N–H and O–H groups in total. The number of carbonyl (C=O) groups excluding carboxylic acids is 2. The zero-order valence-corrected chi connectivity index (χ0v) is 12.7. The van der Waals surface area contributed by atoms with Gasteiger partial charge in [0.05, 0.1) is 6.21 Å². The number of nitrogens with zero attached hydrogens (tertiary/aromatic N) is 1. The van der Waals surface area contributed by atoms with Crippen molar-refractivity contribution in [2.24, 2.45) is 5.10 Å². The minimum absolute atomic E-state index is 0.0414. The van der Waals surface area contributed by atoms with Gasteiger partial charge in [-0.15, -0.1) is 0 Å². The molecule has 5 nitrogen and oxygen atoms in total. The summed E-state index contributed by atoms with van der Waals surface area (Å²) in [7, 11) is 0. The molecule has 0 saturated carbocycles. The molecule has 2 aromatic rings. The molecule has 5 heteroatoms. The van der Waals surface area contributed by atoms with Crippen molar-refractivity contribution in [3.63, 3.8) is 0 Å². The Morgan fingerprint density at radius 1 is 1.14 bits per heavy atom. The minimum atomic E-state index is -0.767. The summed E-state index contributed by atoms with van der Waals surface area (Å²) in [6.07, 6.45) is 2.30. The van der Waals surface area contributed by atoms with Gasteiger partial charge in [0.2, 0.25) is 0 Å². The Labute approximate surface area is 129 Å². The van der Waals surface area contributed by atoms with Gasteiger partial charge >= 0.3 is 11.8 Å². The number of benzene rings is 2. The van der Waals surface area contributed by atoms with Crippen molar-refractivity contribution in [2.45, 2.75) is 26.3 Å². The molecule has 0 saturated heterocycles.